The summed E-state index contributed by atoms with van der Waals surface area (Å²) in [7, 11) is -3.33. The quantitative estimate of drug-likeness (QED) is 0.378. The minimum absolute atomic E-state index is 0.264. The fraction of sp³-hybridized carbons (Fsp3) is 1.00. The largest absolute Gasteiger partial charge is 0.503 e. The van der Waals surface area contributed by atoms with Gasteiger partial charge in [0.05, 0.1) is 0 Å². The topological polar surface area (TPSA) is 57.2 Å². The highest BCUT2D eigenvalue weighted by molar-refractivity contribution is 6.60. The third-order valence-corrected chi connectivity index (χ3v) is 4.70. The van der Waals surface area contributed by atoms with Gasteiger partial charge in [0.1, 0.15) is 12.6 Å². The fourth-order valence-electron chi connectivity index (χ4n) is 1.32. The Bertz CT molecular complexity index is 182. The summed E-state index contributed by atoms with van der Waals surface area (Å²) in [6, 6.07) is 0.267. The highest BCUT2D eigenvalue weighted by Crippen LogP contribution is 2.17. The lowest BCUT2D eigenvalue weighted by Gasteiger charge is -2.29. The van der Waals surface area contributed by atoms with E-state index in [0.717, 1.165) is 0 Å². The predicted molar refractivity (Wildman–Crippen MR) is 67.8 cm³/mol. The molecule has 0 saturated carbocycles. The Balaban J connectivity index is 4.32. The van der Waals surface area contributed by atoms with Crippen molar-refractivity contribution in [1.82, 2.24) is 0 Å². The van der Waals surface area contributed by atoms with E-state index in [0.29, 0.717) is 13.2 Å². The minimum atomic E-state index is -3.33. The van der Waals surface area contributed by atoms with Crippen molar-refractivity contribution >= 4 is 20.4 Å². The maximum Gasteiger partial charge on any atom is 0.503 e. The molecule has 104 valence electrons. The van der Waals surface area contributed by atoms with Gasteiger partial charge in [0.25, 0.3) is 0 Å². The van der Waals surface area contributed by atoms with E-state index in [1.807, 2.05) is 13.8 Å². The molecule has 7 heteroatoms. The normalized spacial score (nSPS) is 18.7. The molecule has 1 N–H and O–H groups in total. The van der Waals surface area contributed by atoms with Crippen LogP contribution in [-0.4, -0.2) is 45.3 Å². The van der Waals surface area contributed by atoms with Gasteiger partial charge in [-0.15, -0.1) is 11.6 Å². The average Bonchev–Trinajstić information content (AvgIpc) is 2.17. The molecular formula is C10H23ClO5Si. The Kier molecular flexibility index (Phi) is 9.43. The number of rotatable bonds is 10. The van der Waals surface area contributed by atoms with Gasteiger partial charge in [-0.05, 0) is 27.7 Å². The first-order valence-electron chi connectivity index (χ1n) is 5.84. The van der Waals surface area contributed by atoms with Crippen LogP contribution in [0.25, 0.3) is 0 Å². The van der Waals surface area contributed by atoms with Gasteiger partial charge in [0.2, 0.25) is 0 Å². The third kappa shape index (κ3) is 8.09. The van der Waals surface area contributed by atoms with E-state index in [4.69, 9.17) is 29.9 Å². The lowest BCUT2D eigenvalue weighted by Crippen LogP contribution is -2.48. The molecule has 0 aromatic carbocycles. The number of halogens is 1. The van der Waals surface area contributed by atoms with Gasteiger partial charge in [-0.3, -0.25) is 0 Å². The zero-order valence-corrected chi connectivity index (χ0v) is 12.7. The van der Waals surface area contributed by atoms with Crippen LogP contribution in [0.15, 0.2) is 0 Å². The molecule has 2 unspecified atom stereocenters. The summed E-state index contributed by atoms with van der Waals surface area (Å²) >= 11 is 5.64. The molecule has 17 heavy (non-hydrogen) atoms. The van der Waals surface area contributed by atoms with Crippen LogP contribution in [0.1, 0.15) is 27.7 Å². The van der Waals surface area contributed by atoms with Gasteiger partial charge in [-0.25, -0.2) is 0 Å². The summed E-state index contributed by atoms with van der Waals surface area (Å²) in [5, 5.41) is 0. The van der Waals surface area contributed by atoms with Crippen molar-refractivity contribution in [3.63, 3.8) is 0 Å². The van der Waals surface area contributed by atoms with Gasteiger partial charge >= 0.3 is 8.80 Å². The predicted octanol–water partition coefficient (Wildman–Crippen LogP) is 1.95. The van der Waals surface area contributed by atoms with Crippen LogP contribution in [0.5, 0.6) is 0 Å². The van der Waals surface area contributed by atoms with E-state index < -0.39 is 21.4 Å². The molecule has 0 saturated heterocycles. The van der Waals surface area contributed by atoms with Crippen LogP contribution in [-0.2, 0) is 18.3 Å². The SMILES string of the molecule is CCOC(C)O[Si](O)(CCCl)OC(C)OCC. The van der Waals surface area contributed by atoms with E-state index in [9.17, 15) is 4.80 Å². The molecule has 0 heterocycles. The lowest BCUT2D eigenvalue weighted by molar-refractivity contribution is -0.139. The van der Waals surface area contributed by atoms with Crippen molar-refractivity contribution < 1.29 is 23.1 Å². The number of hydrogen-bond donors (Lipinski definition) is 1. The van der Waals surface area contributed by atoms with Gasteiger partial charge in [-0.1, -0.05) is 0 Å². The molecule has 0 aliphatic heterocycles. The maximum absolute atomic E-state index is 10.3. The first kappa shape index (κ1) is 17.3. The maximum atomic E-state index is 10.3. The second-order valence-corrected chi connectivity index (χ2v) is 6.21. The van der Waals surface area contributed by atoms with Gasteiger partial charge in [0, 0.05) is 25.1 Å². The first-order valence-corrected chi connectivity index (χ1v) is 8.35. The van der Waals surface area contributed by atoms with Crippen molar-refractivity contribution in [3.8, 4) is 0 Å². The smallest absolute Gasteiger partial charge is 0.390 e. The molecule has 0 bridgehead atoms. The average molecular weight is 287 g/mol. The summed E-state index contributed by atoms with van der Waals surface area (Å²) < 4.78 is 21.3. The second kappa shape index (κ2) is 9.27. The Hall–Kier alpha value is 0.307. The number of ether oxygens (including phenoxy) is 2. The van der Waals surface area contributed by atoms with E-state index >= 15 is 0 Å². The van der Waals surface area contributed by atoms with E-state index in [2.05, 4.69) is 0 Å². The molecule has 0 rings (SSSR count). The van der Waals surface area contributed by atoms with E-state index in [1.54, 1.807) is 13.8 Å². The monoisotopic (exact) mass is 286 g/mol. The second-order valence-electron chi connectivity index (χ2n) is 3.43. The van der Waals surface area contributed by atoms with Crippen LogP contribution in [0.2, 0.25) is 6.04 Å². The van der Waals surface area contributed by atoms with Gasteiger partial charge in [0.15, 0.2) is 0 Å². The Morgan fingerprint density at radius 3 is 1.76 bits per heavy atom. The fourth-order valence-corrected chi connectivity index (χ4v) is 3.74. The van der Waals surface area contributed by atoms with Crippen molar-refractivity contribution in [2.45, 2.75) is 46.3 Å². The molecule has 0 aromatic heterocycles. The van der Waals surface area contributed by atoms with Gasteiger partial charge in [-0.2, -0.15) is 0 Å². The molecule has 0 aliphatic carbocycles. The summed E-state index contributed by atoms with van der Waals surface area (Å²) in [5.74, 6) is 0.264. The minimum Gasteiger partial charge on any atom is -0.390 e. The summed E-state index contributed by atoms with van der Waals surface area (Å²) in [6.07, 6.45) is -1.04. The molecule has 0 amide bonds. The van der Waals surface area contributed by atoms with Crippen molar-refractivity contribution in [2.75, 3.05) is 19.1 Å². The highest BCUT2D eigenvalue weighted by Gasteiger charge is 2.40. The zero-order valence-electron chi connectivity index (χ0n) is 10.9. The summed E-state index contributed by atoms with van der Waals surface area (Å²) in [5.41, 5.74) is 0. The molecular weight excluding hydrogens is 264 g/mol. The van der Waals surface area contributed by atoms with Crippen LogP contribution >= 0.6 is 11.6 Å². The Morgan fingerprint density at radius 2 is 1.47 bits per heavy atom. The van der Waals surface area contributed by atoms with Crippen LogP contribution in [0, 0.1) is 0 Å². The highest BCUT2D eigenvalue weighted by atomic mass is 35.5. The molecule has 0 aromatic rings. The molecule has 0 radical (unpaired) electrons. The van der Waals surface area contributed by atoms with Crippen LogP contribution < -0.4 is 0 Å². The Labute approximate surface area is 109 Å². The molecule has 2 atom stereocenters. The number of alkyl halides is 1. The van der Waals surface area contributed by atoms with Crippen LogP contribution in [0.4, 0.5) is 0 Å². The Morgan fingerprint density at radius 1 is 1.06 bits per heavy atom. The van der Waals surface area contributed by atoms with E-state index in [1.165, 1.54) is 0 Å². The molecule has 5 nitrogen and oxygen atoms in total. The van der Waals surface area contributed by atoms with Crippen molar-refractivity contribution in [1.29, 1.82) is 0 Å². The van der Waals surface area contributed by atoms with Crippen molar-refractivity contribution in [3.05, 3.63) is 0 Å². The van der Waals surface area contributed by atoms with Gasteiger partial charge < -0.3 is 23.1 Å². The van der Waals surface area contributed by atoms with Crippen LogP contribution in [0.3, 0.4) is 0 Å². The third-order valence-electron chi connectivity index (χ3n) is 1.91. The molecule has 0 fully saturated rings. The van der Waals surface area contributed by atoms with Crippen molar-refractivity contribution in [2.24, 2.45) is 0 Å². The first-order chi connectivity index (χ1) is 7.97. The zero-order chi connectivity index (χ0) is 13.3. The lowest BCUT2D eigenvalue weighted by atomic mass is 10.7. The standard InChI is InChI=1S/C10H23ClO5Si/c1-5-13-9(3)15-17(12,8-7-11)16-10(4)14-6-2/h9-10,12H,5-8H2,1-4H3. The van der Waals surface area contributed by atoms with E-state index in [-0.39, 0.29) is 11.9 Å². The summed E-state index contributed by atoms with van der Waals surface area (Å²) in [4.78, 5) is 10.3. The molecule has 0 spiro atoms. The number of hydrogen-bond acceptors (Lipinski definition) is 5. The summed E-state index contributed by atoms with van der Waals surface area (Å²) in [6.45, 7) is 8.15. The molecule has 0 aliphatic rings.